The van der Waals surface area contributed by atoms with Gasteiger partial charge in [-0.2, -0.15) is 0 Å². The van der Waals surface area contributed by atoms with Crippen LogP contribution in [0.4, 0.5) is 0 Å². The van der Waals surface area contributed by atoms with Crippen LogP contribution >= 0.6 is 0 Å². The second-order valence-corrected chi connectivity index (χ2v) is 8.29. The lowest BCUT2D eigenvalue weighted by atomic mass is 9.77. The van der Waals surface area contributed by atoms with E-state index < -0.39 is 0 Å². The van der Waals surface area contributed by atoms with Gasteiger partial charge in [-0.3, -0.25) is 10.2 Å². The highest BCUT2D eigenvalue weighted by Crippen LogP contribution is 2.34. The molecule has 1 aliphatic rings. The number of hydrogen-bond acceptors (Lipinski definition) is 2. The van der Waals surface area contributed by atoms with Crippen molar-refractivity contribution in [3.05, 3.63) is 0 Å². The molecule has 25 heavy (non-hydrogen) atoms. The molecular weight excluding hydrogens is 308 g/mol. The van der Waals surface area contributed by atoms with Crippen LogP contribution in [-0.2, 0) is 4.79 Å². The second-order valence-electron chi connectivity index (χ2n) is 8.29. The topological polar surface area (TPSA) is 55.1 Å². The molecule has 0 unspecified atom stereocenters. The van der Waals surface area contributed by atoms with Crippen molar-refractivity contribution < 1.29 is 4.79 Å². The zero-order valence-electron chi connectivity index (χ0n) is 17.0. The molecule has 0 heterocycles. The van der Waals surface area contributed by atoms with Crippen LogP contribution in [0.25, 0.3) is 0 Å². The number of amides is 1. The molecule has 3 N–H and O–H groups in total. The molecule has 1 rings (SSSR count). The fraction of sp³-hybridized carbons (Fsp3) is 0.955. The summed E-state index contributed by atoms with van der Waals surface area (Å²) in [5.41, 5.74) is 2.36. The Hall–Kier alpha value is -0.570. The summed E-state index contributed by atoms with van der Waals surface area (Å²) in [4.78, 5) is 11.9. The average Bonchev–Trinajstić information content (AvgIpc) is 2.64. The lowest BCUT2D eigenvalue weighted by Crippen LogP contribution is -2.36. The highest BCUT2D eigenvalue weighted by atomic mass is 16.2. The van der Waals surface area contributed by atoms with Crippen LogP contribution in [0.15, 0.2) is 0 Å². The molecule has 1 amide bonds. The van der Waals surface area contributed by atoms with Crippen LogP contribution in [0.2, 0.25) is 0 Å². The van der Waals surface area contributed by atoms with Crippen molar-refractivity contribution in [1.82, 2.24) is 5.43 Å². The monoisotopic (exact) mass is 352 g/mol. The molecule has 0 atom stereocenters. The highest BCUT2D eigenvalue weighted by molar-refractivity contribution is 5.77. The molecule has 0 aromatic rings. The Balaban J connectivity index is 2.52. The maximum atomic E-state index is 11.9. The zero-order valence-corrected chi connectivity index (χ0v) is 17.0. The van der Waals surface area contributed by atoms with Crippen molar-refractivity contribution in [2.45, 2.75) is 117 Å². The molecule has 1 saturated carbocycles. The molecule has 0 aromatic carbocycles. The first-order valence-corrected chi connectivity index (χ1v) is 11.2. The van der Waals surface area contributed by atoms with E-state index in [-0.39, 0.29) is 11.8 Å². The summed E-state index contributed by atoms with van der Waals surface area (Å²) in [6, 6.07) is 0. The molecule has 1 fully saturated rings. The van der Waals surface area contributed by atoms with Crippen LogP contribution < -0.4 is 11.3 Å². The fourth-order valence-corrected chi connectivity index (χ4v) is 4.66. The van der Waals surface area contributed by atoms with Crippen LogP contribution in [0.3, 0.4) is 0 Å². The predicted octanol–water partition coefficient (Wildman–Crippen LogP) is 6.12. The predicted molar refractivity (Wildman–Crippen MR) is 108 cm³/mol. The summed E-state index contributed by atoms with van der Waals surface area (Å²) in [6.45, 7) is 4.62. The zero-order chi connectivity index (χ0) is 18.3. The van der Waals surface area contributed by atoms with E-state index in [2.05, 4.69) is 19.3 Å². The third-order valence-electron chi connectivity index (χ3n) is 6.29. The van der Waals surface area contributed by atoms with Crippen molar-refractivity contribution in [3.63, 3.8) is 0 Å². The minimum Gasteiger partial charge on any atom is -0.294 e. The van der Waals surface area contributed by atoms with Gasteiger partial charge in [0, 0.05) is 5.92 Å². The molecule has 0 bridgehead atoms. The molecular formula is C22H44N2O. The largest absolute Gasteiger partial charge is 0.294 e. The Morgan fingerprint density at radius 2 is 1.36 bits per heavy atom. The standard InChI is InChI=1S/C22H44N2O/c1-3-5-7-13-19(14-8-6-4-2)20-15-9-11-17-21(22(25)24-23)18-12-10-16-20/h19-21H,3-18,23H2,1-2H3,(H,24,25). The van der Waals surface area contributed by atoms with Gasteiger partial charge in [0.1, 0.15) is 0 Å². The summed E-state index contributed by atoms with van der Waals surface area (Å²) in [6.07, 6.45) is 20.9. The van der Waals surface area contributed by atoms with Crippen molar-refractivity contribution >= 4 is 5.91 Å². The number of carbonyl (C=O) groups is 1. The Labute approximate surface area is 156 Å². The minimum absolute atomic E-state index is 0.0501. The molecule has 148 valence electrons. The van der Waals surface area contributed by atoms with Gasteiger partial charge in [0.25, 0.3) is 0 Å². The van der Waals surface area contributed by atoms with E-state index in [9.17, 15) is 4.79 Å². The quantitative estimate of drug-likeness (QED) is 0.215. The van der Waals surface area contributed by atoms with E-state index in [1.807, 2.05) is 0 Å². The molecule has 0 spiro atoms. The number of nitrogens with one attached hydrogen (secondary N) is 1. The molecule has 3 nitrogen and oxygen atoms in total. The maximum Gasteiger partial charge on any atom is 0.236 e. The van der Waals surface area contributed by atoms with E-state index in [0.717, 1.165) is 24.7 Å². The van der Waals surface area contributed by atoms with E-state index in [0.29, 0.717) is 0 Å². The lowest BCUT2D eigenvalue weighted by molar-refractivity contribution is -0.125. The van der Waals surface area contributed by atoms with Crippen molar-refractivity contribution in [1.29, 1.82) is 0 Å². The van der Waals surface area contributed by atoms with Gasteiger partial charge in [-0.25, -0.2) is 5.84 Å². The SMILES string of the molecule is CCCCCC(CCCCC)C1CCCCC(C(=O)NN)CCCC1. The number of unbranched alkanes of at least 4 members (excludes halogenated alkanes) is 4. The Kier molecular flexibility index (Phi) is 13.1. The second kappa shape index (κ2) is 14.6. The van der Waals surface area contributed by atoms with Crippen molar-refractivity contribution in [2.24, 2.45) is 23.6 Å². The summed E-state index contributed by atoms with van der Waals surface area (Å²) in [5.74, 6) is 7.41. The van der Waals surface area contributed by atoms with Crippen LogP contribution in [0.5, 0.6) is 0 Å². The fourth-order valence-electron chi connectivity index (χ4n) is 4.66. The third kappa shape index (κ3) is 9.63. The van der Waals surface area contributed by atoms with Gasteiger partial charge in [-0.05, 0) is 24.7 Å². The van der Waals surface area contributed by atoms with Crippen LogP contribution in [0.1, 0.15) is 117 Å². The summed E-state index contributed by atoms with van der Waals surface area (Å²) >= 11 is 0. The number of carbonyl (C=O) groups excluding carboxylic acids is 1. The number of nitrogens with two attached hydrogens (primary N) is 1. The third-order valence-corrected chi connectivity index (χ3v) is 6.29. The lowest BCUT2D eigenvalue weighted by Gasteiger charge is -2.29. The normalized spacial score (nSPS) is 22.7. The molecule has 0 aromatic heterocycles. The number of hydrogen-bond donors (Lipinski definition) is 2. The van der Waals surface area contributed by atoms with Crippen molar-refractivity contribution in [3.8, 4) is 0 Å². The van der Waals surface area contributed by atoms with E-state index in [1.54, 1.807) is 0 Å². The van der Waals surface area contributed by atoms with Crippen molar-refractivity contribution in [2.75, 3.05) is 0 Å². The van der Waals surface area contributed by atoms with E-state index >= 15 is 0 Å². The van der Waals surface area contributed by atoms with Gasteiger partial charge in [0.05, 0.1) is 0 Å². The van der Waals surface area contributed by atoms with E-state index in [1.165, 1.54) is 89.9 Å². The summed E-state index contributed by atoms with van der Waals surface area (Å²) in [5, 5.41) is 0. The smallest absolute Gasteiger partial charge is 0.236 e. The number of rotatable bonds is 10. The summed E-state index contributed by atoms with van der Waals surface area (Å²) in [7, 11) is 0. The molecule has 0 radical (unpaired) electrons. The van der Waals surface area contributed by atoms with Crippen LogP contribution in [0, 0.1) is 17.8 Å². The summed E-state index contributed by atoms with van der Waals surface area (Å²) < 4.78 is 0. The average molecular weight is 353 g/mol. The maximum absolute atomic E-state index is 11.9. The first-order valence-electron chi connectivity index (χ1n) is 11.2. The Bertz CT molecular complexity index is 310. The van der Waals surface area contributed by atoms with Gasteiger partial charge in [0.2, 0.25) is 5.91 Å². The van der Waals surface area contributed by atoms with Crippen LogP contribution in [-0.4, -0.2) is 5.91 Å². The number of hydrazine groups is 1. The Morgan fingerprint density at radius 3 is 1.80 bits per heavy atom. The Morgan fingerprint density at radius 1 is 0.880 bits per heavy atom. The molecule has 0 aliphatic heterocycles. The van der Waals surface area contributed by atoms with Gasteiger partial charge in [-0.1, -0.05) is 104 Å². The van der Waals surface area contributed by atoms with Gasteiger partial charge in [-0.15, -0.1) is 0 Å². The van der Waals surface area contributed by atoms with Gasteiger partial charge >= 0.3 is 0 Å². The molecule has 0 saturated heterocycles. The highest BCUT2D eigenvalue weighted by Gasteiger charge is 2.23. The minimum atomic E-state index is 0.0501. The van der Waals surface area contributed by atoms with Gasteiger partial charge in [0.15, 0.2) is 0 Å². The van der Waals surface area contributed by atoms with Gasteiger partial charge < -0.3 is 0 Å². The first-order chi connectivity index (χ1) is 12.2. The molecule has 1 aliphatic carbocycles. The molecule has 3 heteroatoms. The van der Waals surface area contributed by atoms with E-state index in [4.69, 9.17) is 5.84 Å². The first kappa shape index (κ1) is 22.5.